The number of fused-ring (bicyclic) bond motifs is 1. The normalized spacial score (nSPS) is 13.6. The van der Waals surface area contributed by atoms with Crippen LogP contribution in [0.2, 0.25) is 0 Å². The molecule has 1 saturated heterocycles. The van der Waals surface area contributed by atoms with Crippen molar-refractivity contribution in [1.82, 2.24) is 14.9 Å². The minimum atomic E-state index is 0. The minimum absolute atomic E-state index is 0. The second-order valence-electron chi connectivity index (χ2n) is 9.89. The van der Waals surface area contributed by atoms with Crippen molar-refractivity contribution < 1.29 is 40.4 Å². The average Bonchev–Trinajstić information content (AvgIpc) is 2.86. The van der Waals surface area contributed by atoms with Gasteiger partial charge < -0.3 is 14.9 Å². The number of likely N-dealkylation sites (tertiary alicyclic amines) is 1. The summed E-state index contributed by atoms with van der Waals surface area (Å²) in [6.45, 7) is 11.9. The molecule has 2 heterocycles. The van der Waals surface area contributed by atoms with E-state index < -0.39 is 0 Å². The van der Waals surface area contributed by atoms with Gasteiger partial charge in [-0.25, -0.2) is 0 Å². The summed E-state index contributed by atoms with van der Waals surface area (Å²) in [6, 6.07) is 12.0. The van der Waals surface area contributed by atoms with Crippen LogP contribution in [0.5, 0.6) is 0 Å². The molecule has 36 heavy (non-hydrogen) atoms. The Morgan fingerprint density at radius 2 is 1.67 bits per heavy atom. The van der Waals surface area contributed by atoms with E-state index in [-0.39, 0.29) is 40.4 Å². The van der Waals surface area contributed by atoms with Crippen LogP contribution in [-0.2, 0) is 12.8 Å². The largest absolute Gasteiger partial charge is 0.338 e. The third-order valence-corrected chi connectivity index (χ3v) is 6.89. The Bertz CT molecular complexity index is 1020. The molecule has 0 amide bonds. The quantitative estimate of drug-likeness (QED) is 0.151. The molecule has 0 atom stereocenters. The molecule has 1 aliphatic rings. The van der Waals surface area contributed by atoms with Crippen LogP contribution >= 0.6 is 0 Å². The number of hydrogen-bond acceptors (Lipinski definition) is 3. The second kappa shape index (κ2) is 17.5. The van der Waals surface area contributed by atoms with Crippen LogP contribution in [0.3, 0.4) is 0 Å². The zero-order valence-corrected chi connectivity index (χ0v) is 25.0. The van der Waals surface area contributed by atoms with E-state index in [0.29, 0.717) is 0 Å². The maximum Gasteiger partial charge on any atom is 0.0947 e. The summed E-state index contributed by atoms with van der Waals surface area (Å²) in [5.74, 6) is 0.808. The number of unbranched alkanes of at least 4 members (excludes halogenated alkanes) is 5. The number of rotatable bonds is 10. The van der Waals surface area contributed by atoms with Crippen LogP contribution in [0, 0.1) is 60.4 Å². The first-order valence-electron chi connectivity index (χ1n) is 13.6. The van der Waals surface area contributed by atoms with Gasteiger partial charge in [-0.1, -0.05) is 62.3 Å². The van der Waals surface area contributed by atoms with Crippen molar-refractivity contribution in [3.05, 3.63) is 72.0 Å². The fraction of sp³-hybridized carbons (Fsp3) is 0.516. The molecule has 2 aromatic carbocycles. The Kier molecular flexibility index (Phi) is 15.2. The second-order valence-corrected chi connectivity index (χ2v) is 9.89. The number of piperidine rings is 1. The van der Waals surface area contributed by atoms with Crippen molar-refractivity contribution in [3.63, 3.8) is 0 Å². The first-order chi connectivity index (χ1) is 17.0. The van der Waals surface area contributed by atoms with Gasteiger partial charge in [0.1, 0.15) is 0 Å². The van der Waals surface area contributed by atoms with Gasteiger partial charge in [0.15, 0.2) is 0 Å². The molecule has 192 valence electrons. The molecular weight excluding hydrogens is 576 g/mol. The zero-order chi connectivity index (χ0) is 24.9. The van der Waals surface area contributed by atoms with E-state index in [1.54, 1.807) is 0 Å². The Morgan fingerprint density at radius 1 is 0.944 bits per heavy atom. The molecule has 1 fully saturated rings. The van der Waals surface area contributed by atoms with Gasteiger partial charge in [0.2, 0.25) is 0 Å². The van der Waals surface area contributed by atoms with Crippen LogP contribution in [-0.4, -0.2) is 42.3 Å². The van der Waals surface area contributed by atoms with Gasteiger partial charge in [-0.15, -0.1) is 23.0 Å². The minimum Gasteiger partial charge on any atom is -0.338 e. The molecule has 1 aliphatic heterocycles. The Hall–Kier alpha value is -0.987. The summed E-state index contributed by atoms with van der Waals surface area (Å²) in [5, 5.41) is 1.05. The van der Waals surface area contributed by atoms with E-state index in [1.807, 2.05) is 31.2 Å². The molecule has 1 aromatic heterocycles. The van der Waals surface area contributed by atoms with Crippen molar-refractivity contribution in [2.45, 2.75) is 84.5 Å². The number of benzene rings is 2. The van der Waals surface area contributed by atoms with Gasteiger partial charge >= 0.3 is 0 Å². The van der Waals surface area contributed by atoms with E-state index in [4.69, 9.17) is 7.85 Å². The summed E-state index contributed by atoms with van der Waals surface area (Å²) in [4.78, 5) is 11.5. The van der Waals surface area contributed by atoms with Gasteiger partial charge in [0.25, 0.3) is 0 Å². The molecular formula is C31H42BN3Sm-2. The standard InChI is InChI=1S/C24H36N3.C7H6B.Sm/c1-3-21-17-23-19-25-20(2)26-24(23)18-22(21)13-9-6-4-5-7-10-14-27-15-11-8-12-16-27;1-6-3-2-4-7(8)5-6;/h17-18H,3-16H2,1-2H3;2-5H,1H2;/q2*-1;. The molecule has 0 spiro atoms. The molecule has 0 bridgehead atoms. The van der Waals surface area contributed by atoms with Crippen LogP contribution in [0.4, 0.5) is 0 Å². The SMILES string of the molecule is CCc1cc2[c-]nc(C)nc2cc1CCCCCCCCN1CCCCC1.[B]c1cccc([CH2-])c1.[Sm]. The van der Waals surface area contributed by atoms with E-state index in [1.165, 1.54) is 95.0 Å². The molecule has 0 unspecified atom stereocenters. The number of hydrogen-bond donors (Lipinski definition) is 0. The van der Waals surface area contributed by atoms with Gasteiger partial charge in [-0.2, -0.15) is 24.6 Å². The molecule has 2 radical (unpaired) electrons. The summed E-state index contributed by atoms with van der Waals surface area (Å²) in [5.41, 5.74) is 5.70. The van der Waals surface area contributed by atoms with E-state index in [9.17, 15) is 0 Å². The number of nitrogens with zero attached hydrogens (tertiary/aromatic N) is 3. The first-order valence-corrected chi connectivity index (χ1v) is 13.6. The van der Waals surface area contributed by atoms with Crippen LogP contribution < -0.4 is 5.46 Å². The molecule has 5 heteroatoms. The Morgan fingerprint density at radius 3 is 2.33 bits per heavy atom. The molecule has 0 N–H and O–H groups in total. The number of aromatic nitrogens is 2. The van der Waals surface area contributed by atoms with E-state index in [0.717, 1.165) is 34.2 Å². The molecule has 0 saturated carbocycles. The molecule has 3 nitrogen and oxygen atoms in total. The van der Waals surface area contributed by atoms with Crippen molar-refractivity contribution in [1.29, 1.82) is 0 Å². The Labute approximate surface area is 253 Å². The van der Waals surface area contributed by atoms with Crippen LogP contribution in [0.1, 0.15) is 87.2 Å². The van der Waals surface area contributed by atoms with Crippen LogP contribution in [0.25, 0.3) is 10.9 Å². The van der Waals surface area contributed by atoms with E-state index in [2.05, 4.69) is 47.0 Å². The number of aryl methyl sites for hydroxylation is 3. The van der Waals surface area contributed by atoms with Gasteiger partial charge in [-0.05, 0) is 76.8 Å². The van der Waals surface area contributed by atoms with Crippen molar-refractivity contribution in [3.8, 4) is 0 Å². The Balaban J connectivity index is 0.000000433. The monoisotopic (exact) mass is 619 g/mol. The van der Waals surface area contributed by atoms with Crippen molar-refractivity contribution in [2.24, 2.45) is 0 Å². The van der Waals surface area contributed by atoms with Gasteiger partial charge in [0.05, 0.1) is 7.85 Å². The molecule has 3 aromatic rings. The summed E-state index contributed by atoms with van der Waals surface area (Å²) in [7, 11) is 5.42. The van der Waals surface area contributed by atoms with Gasteiger partial charge in [-0.3, -0.25) is 0 Å². The van der Waals surface area contributed by atoms with Gasteiger partial charge in [0, 0.05) is 46.2 Å². The smallest absolute Gasteiger partial charge is 0.0947 e. The predicted molar refractivity (Wildman–Crippen MR) is 150 cm³/mol. The predicted octanol–water partition coefficient (Wildman–Crippen LogP) is 6.33. The average molecular weight is 618 g/mol. The summed E-state index contributed by atoms with van der Waals surface area (Å²) < 4.78 is 0. The summed E-state index contributed by atoms with van der Waals surface area (Å²) >= 11 is 0. The molecule has 4 rings (SSSR count). The maximum absolute atomic E-state index is 5.42. The fourth-order valence-electron chi connectivity index (χ4n) is 4.89. The zero-order valence-electron chi connectivity index (χ0n) is 22.4. The maximum atomic E-state index is 5.42. The fourth-order valence-corrected chi connectivity index (χ4v) is 4.89. The third kappa shape index (κ3) is 11.2. The van der Waals surface area contributed by atoms with Crippen molar-refractivity contribution >= 4 is 24.2 Å². The summed E-state index contributed by atoms with van der Waals surface area (Å²) in [6.07, 6.45) is 17.8. The third-order valence-electron chi connectivity index (χ3n) is 6.89. The molecule has 0 aliphatic carbocycles. The van der Waals surface area contributed by atoms with Crippen molar-refractivity contribution in [2.75, 3.05) is 19.6 Å². The topological polar surface area (TPSA) is 29.0 Å². The van der Waals surface area contributed by atoms with Crippen LogP contribution in [0.15, 0.2) is 36.4 Å². The first kappa shape index (κ1) is 31.2. The van der Waals surface area contributed by atoms with E-state index >= 15 is 0 Å².